The smallest absolute Gasteiger partial charge is 0.408 e. The number of carbonyl (C=O) groups excluding carboxylic acids is 2. The van der Waals surface area contributed by atoms with Gasteiger partial charge >= 0.3 is 12.1 Å². The molecule has 0 saturated heterocycles. The topological polar surface area (TPSA) is 105 Å². The van der Waals surface area contributed by atoms with Crippen molar-refractivity contribution in [3.63, 3.8) is 0 Å². The van der Waals surface area contributed by atoms with Crippen LogP contribution < -0.4 is 10.6 Å². The number of thiophene rings is 1. The first-order valence-electron chi connectivity index (χ1n) is 10.2. The van der Waals surface area contributed by atoms with Gasteiger partial charge in [-0.2, -0.15) is 0 Å². The van der Waals surface area contributed by atoms with Crippen molar-refractivity contribution >= 4 is 29.3 Å². The number of amides is 2. The molecule has 2 aromatic carbocycles. The van der Waals surface area contributed by atoms with E-state index in [0.717, 1.165) is 22.3 Å². The molecule has 0 bridgehead atoms. The summed E-state index contributed by atoms with van der Waals surface area (Å²) in [4.78, 5) is 36.4. The minimum atomic E-state index is -1.28. The van der Waals surface area contributed by atoms with Crippen LogP contribution in [-0.2, 0) is 14.3 Å². The molecule has 1 atom stereocenters. The van der Waals surface area contributed by atoms with Gasteiger partial charge in [-0.25, -0.2) is 9.59 Å². The number of benzene rings is 2. The molecule has 1 unspecified atom stereocenters. The fourth-order valence-corrected chi connectivity index (χ4v) is 4.61. The molecule has 8 heteroatoms. The van der Waals surface area contributed by atoms with E-state index in [2.05, 4.69) is 28.7 Å². The van der Waals surface area contributed by atoms with Gasteiger partial charge in [0.05, 0.1) is 6.54 Å². The van der Waals surface area contributed by atoms with Crippen LogP contribution in [0.1, 0.15) is 28.0 Å². The third kappa shape index (κ3) is 5.05. The summed E-state index contributed by atoms with van der Waals surface area (Å²) in [5.74, 6) is 2.37. The molecule has 7 nitrogen and oxygen atoms in total. The van der Waals surface area contributed by atoms with Gasteiger partial charge in [0.1, 0.15) is 12.6 Å². The van der Waals surface area contributed by atoms with E-state index in [0.29, 0.717) is 4.88 Å². The fourth-order valence-electron chi connectivity index (χ4n) is 3.83. The molecule has 1 aliphatic rings. The monoisotopic (exact) mass is 460 g/mol. The van der Waals surface area contributed by atoms with Crippen molar-refractivity contribution in [3.8, 4) is 23.0 Å². The van der Waals surface area contributed by atoms with Crippen LogP contribution in [0.3, 0.4) is 0 Å². The second-order valence-corrected chi connectivity index (χ2v) is 8.22. The highest BCUT2D eigenvalue weighted by molar-refractivity contribution is 7.10. The number of carboxylic acids is 1. The van der Waals surface area contributed by atoms with E-state index in [1.807, 2.05) is 42.3 Å². The van der Waals surface area contributed by atoms with Crippen molar-refractivity contribution in [1.82, 2.24) is 10.6 Å². The van der Waals surface area contributed by atoms with E-state index in [9.17, 15) is 14.4 Å². The zero-order valence-corrected chi connectivity index (χ0v) is 18.2. The average molecular weight is 461 g/mol. The van der Waals surface area contributed by atoms with Crippen molar-refractivity contribution in [1.29, 1.82) is 0 Å². The van der Waals surface area contributed by atoms with Crippen LogP contribution in [0, 0.1) is 11.8 Å². The summed E-state index contributed by atoms with van der Waals surface area (Å²) in [6, 6.07) is 18.6. The van der Waals surface area contributed by atoms with Gasteiger partial charge < -0.3 is 20.5 Å². The Labute approximate surface area is 194 Å². The first-order valence-corrected chi connectivity index (χ1v) is 11.1. The van der Waals surface area contributed by atoms with Crippen LogP contribution in [0.4, 0.5) is 4.79 Å². The van der Waals surface area contributed by atoms with Crippen LogP contribution in [0.25, 0.3) is 11.1 Å². The molecule has 0 saturated carbocycles. The molecule has 3 aromatic rings. The summed E-state index contributed by atoms with van der Waals surface area (Å²) in [6.07, 6.45) is -0.720. The standard InChI is InChI=1S/C25H20N2O5S/c28-22(29)12-5-13-26-24(30)23(21-11-6-14-33-21)27-25(31)32-15-20-18-9-3-1-7-16(18)17-8-2-4-10-19(17)20/h1-4,6-11,14,20,23H,13,15H2,(H,26,30)(H,27,31)(H,28,29). The van der Waals surface area contributed by atoms with Crippen molar-refractivity contribution in [3.05, 3.63) is 82.0 Å². The van der Waals surface area contributed by atoms with E-state index in [4.69, 9.17) is 9.84 Å². The van der Waals surface area contributed by atoms with Gasteiger partial charge in [-0.1, -0.05) is 60.5 Å². The second kappa shape index (κ2) is 10.0. The van der Waals surface area contributed by atoms with E-state index >= 15 is 0 Å². The molecule has 1 aliphatic carbocycles. The average Bonchev–Trinajstić information content (AvgIpc) is 3.45. The van der Waals surface area contributed by atoms with E-state index in [1.165, 1.54) is 11.3 Å². The quantitative estimate of drug-likeness (QED) is 0.488. The highest BCUT2D eigenvalue weighted by Gasteiger charge is 2.30. The number of ether oxygens (including phenoxy) is 1. The molecule has 3 N–H and O–H groups in total. The van der Waals surface area contributed by atoms with Crippen LogP contribution >= 0.6 is 11.3 Å². The molecule has 1 aromatic heterocycles. The lowest BCUT2D eigenvalue weighted by Gasteiger charge is -2.18. The van der Waals surface area contributed by atoms with Crippen molar-refractivity contribution in [2.45, 2.75) is 12.0 Å². The molecule has 4 rings (SSSR count). The maximum atomic E-state index is 12.6. The molecule has 166 valence electrons. The Morgan fingerprint density at radius 3 is 2.27 bits per heavy atom. The number of rotatable bonds is 6. The number of carboxylic acid groups (broad SMARTS) is 1. The molecular weight excluding hydrogens is 440 g/mol. The highest BCUT2D eigenvalue weighted by atomic mass is 32.1. The molecular formula is C25H20N2O5S. The molecule has 1 heterocycles. The van der Waals surface area contributed by atoms with Gasteiger partial charge in [0.2, 0.25) is 5.91 Å². The molecule has 2 amide bonds. The Hall–Kier alpha value is -4.09. The van der Waals surface area contributed by atoms with Gasteiger partial charge in [-0.3, -0.25) is 4.79 Å². The minimum absolute atomic E-state index is 0.0940. The third-order valence-corrected chi connectivity index (χ3v) is 6.18. The minimum Gasteiger partial charge on any atom is -0.472 e. The molecule has 33 heavy (non-hydrogen) atoms. The van der Waals surface area contributed by atoms with E-state index in [1.54, 1.807) is 17.5 Å². The van der Waals surface area contributed by atoms with E-state index < -0.39 is 24.0 Å². The summed E-state index contributed by atoms with van der Waals surface area (Å²) in [7, 11) is 0. The van der Waals surface area contributed by atoms with Crippen molar-refractivity contribution < 1.29 is 24.2 Å². The SMILES string of the molecule is O=C(O)C#CCNC(=O)C(NC(=O)OCC1c2ccccc2-c2ccccc21)c1cccs1. The van der Waals surface area contributed by atoms with Gasteiger partial charge in [-0.15, -0.1) is 11.3 Å². The predicted molar refractivity (Wildman–Crippen MR) is 124 cm³/mol. The van der Waals surface area contributed by atoms with Gasteiger partial charge in [-0.05, 0) is 33.7 Å². The van der Waals surface area contributed by atoms with Crippen LogP contribution in [0.15, 0.2) is 66.0 Å². The Kier molecular flexibility index (Phi) is 6.72. The maximum Gasteiger partial charge on any atom is 0.408 e. The van der Waals surface area contributed by atoms with Crippen molar-refractivity contribution in [2.75, 3.05) is 13.2 Å². The number of aliphatic carboxylic acids is 1. The summed E-state index contributed by atoms with van der Waals surface area (Å²) in [6.45, 7) is -0.0257. The lowest BCUT2D eigenvalue weighted by Crippen LogP contribution is -2.40. The van der Waals surface area contributed by atoms with Crippen LogP contribution in [0.2, 0.25) is 0 Å². The predicted octanol–water partition coefficient (Wildman–Crippen LogP) is 3.53. The Balaban J connectivity index is 1.43. The Morgan fingerprint density at radius 2 is 1.67 bits per heavy atom. The molecule has 0 fully saturated rings. The summed E-state index contributed by atoms with van der Waals surface area (Å²) in [5, 5.41) is 15.5. The first-order chi connectivity index (χ1) is 16.0. The largest absolute Gasteiger partial charge is 0.472 e. The number of fused-ring (bicyclic) bond motifs is 3. The normalized spacial score (nSPS) is 12.5. The summed E-state index contributed by atoms with van der Waals surface area (Å²) < 4.78 is 5.54. The van der Waals surface area contributed by atoms with Gasteiger partial charge in [0.15, 0.2) is 0 Å². The molecule has 0 radical (unpaired) electrons. The molecule has 0 spiro atoms. The zero-order valence-electron chi connectivity index (χ0n) is 17.4. The lowest BCUT2D eigenvalue weighted by molar-refractivity contribution is -0.130. The first kappa shape index (κ1) is 22.1. The number of nitrogens with one attached hydrogen (secondary N) is 2. The third-order valence-electron chi connectivity index (χ3n) is 5.24. The van der Waals surface area contributed by atoms with Gasteiger partial charge in [0.25, 0.3) is 0 Å². The zero-order chi connectivity index (χ0) is 23.2. The highest BCUT2D eigenvalue weighted by Crippen LogP contribution is 2.44. The number of hydrogen-bond donors (Lipinski definition) is 3. The van der Waals surface area contributed by atoms with Crippen molar-refractivity contribution in [2.24, 2.45) is 0 Å². The summed E-state index contributed by atoms with van der Waals surface area (Å²) in [5.41, 5.74) is 4.44. The number of carbonyl (C=O) groups is 3. The maximum absolute atomic E-state index is 12.6. The Bertz CT molecular complexity index is 1200. The second-order valence-electron chi connectivity index (χ2n) is 7.24. The lowest BCUT2D eigenvalue weighted by atomic mass is 9.98. The van der Waals surface area contributed by atoms with E-state index in [-0.39, 0.29) is 19.1 Å². The number of alkyl carbamates (subject to hydrolysis) is 1. The van der Waals surface area contributed by atoms with Gasteiger partial charge in [0, 0.05) is 16.7 Å². The fraction of sp³-hybridized carbons (Fsp3) is 0.160. The molecule has 0 aliphatic heterocycles. The number of hydrogen-bond acceptors (Lipinski definition) is 5. The van der Waals surface area contributed by atoms with Crippen LogP contribution in [-0.4, -0.2) is 36.2 Å². The summed E-state index contributed by atoms with van der Waals surface area (Å²) >= 11 is 1.31. The van der Waals surface area contributed by atoms with Crippen LogP contribution in [0.5, 0.6) is 0 Å². The Morgan fingerprint density at radius 1 is 1.00 bits per heavy atom.